The molecule has 5 nitrogen and oxygen atoms in total. The Morgan fingerprint density at radius 3 is 2.46 bits per heavy atom. The minimum Gasteiger partial charge on any atom is -0.478 e. The van der Waals surface area contributed by atoms with Crippen LogP contribution in [0.4, 0.5) is 5.00 Å². The fraction of sp³-hybridized carbons (Fsp3) is 0.350. The number of hydrogen-bond acceptors (Lipinski definition) is 4. The molecule has 3 rings (SSSR count). The summed E-state index contributed by atoms with van der Waals surface area (Å²) in [5.41, 5.74) is 2.74. The molecular formula is C20H21NO4S. The van der Waals surface area contributed by atoms with Gasteiger partial charge in [-0.05, 0) is 38.2 Å². The Morgan fingerprint density at radius 1 is 1.08 bits per heavy atom. The summed E-state index contributed by atoms with van der Waals surface area (Å²) < 4.78 is 0. The molecule has 26 heavy (non-hydrogen) atoms. The van der Waals surface area contributed by atoms with Gasteiger partial charge in [0.2, 0.25) is 5.91 Å². The van der Waals surface area contributed by atoms with Crippen molar-refractivity contribution in [3.63, 3.8) is 0 Å². The number of anilines is 1. The van der Waals surface area contributed by atoms with Gasteiger partial charge in [0.1, 0.15) is 5.00 Å². The lowest BCUT2D eigenvalue weighted by atomic mass is 9.95. The number of rotatable bonds is 6. The summed E-state index contributed by atoms with van der Waals surface area (Å²) in [6, 6.07) is 7.24. The third-order valence-corrected chi connectivity index (χ3v) is 5.80. The molecule has 0 saturated heterocycles. The van der Waals surface area contributed by atoms with Crippen LogP contribution in [0.5, 0.6) is 0 Å². The molecule has 0 bridgehead atoms. The Balaban J connectivity index is 1.65. The Hall–Kier alpha value is -2.47. The Bertz CT molecular complexity index is 851. The van der Waals surface area contributed by atoms with Gasteiger partial charge in [0.15, 0.2) is 5.78 Å². The molecule has 2 aromatic rings. The number of nitrogens with one attached hydrogen (secondary N) is 1. The van der Waals surface area contributed by atoms with E-state index < -0.39 is 5.97 Å². The van der Waals surface area contributed by atoms with Gasteiger partial charge in [0.25, 0.3) is 0 Å². The highest BCUT2D eigenvalue weighted by atomic mass is 32.1. The van der Waals surface area contributed by atoms with Crippen molar-refractivity contribution in [1.29, 1.82) is 0 Å². The number of carboxylic acid groups (broad SMARTS) is 1. The molecule has 0 radical (unpaired) electrons. The lowest BCUT2D eigenvalue weighted by Crippen LogP contribution is -2.15. The maximum Gasteiger partial charge on any atom is 0.339 e. The summed E-state index contributed by atoms with van der Waals surface area (Å²) in [6.45, 7) is 1.95. The fourth-order valence-electron chi connectivity index (χ4n) is 3.18. The van der Waals surface area contributed by atoms with Crippen molar-refractivity contribution >= 4 is 34.0 Å². The van der Waals surface area contributed by atoms with E-state index in [4.69, 9.17) is 0 Å². The lowest BCUT2D eigenvalue weighted by molar-refractivity contribution is -0.116. The van der Waals surface area contributed by atoms with E-state index in [1.165, 1.54) is 11.3 Å². The summed E-state index contributed by atoms with van der Waals surface area (Å²) in [7, 11) is 0. The van der Waals surface area contributed by atoms with Gasteiger partial charge in [-0.15, -0.1) is 11.3 Å². The van der Waals surface area contributed by atoms with Crippen LogP contribution in [0.1, 0.15) is 62.4 Å². The number of carbonyl (C=O) groups is 3. The van der Waals surface area contributed by atoms with Crippen molar-refractivity contribution in [3.8, 4) is 0 Å². The van der Waals surface area contributed by atoms with Crippen LogP contribution in [0.25, 0.3) is 0 Å². The van der Waals surface area contributed by atoms with Crippen LogP contribution < -0.4 is 5.32 Å². The summed E-state index contributed by atoms with van der Waals surface area (Å²) in [4.78, 5) is 37.1. The molecule has 136 valence electrons. The van der Waals surface area contributed by atoms with Crippen molar-refractivity contribution in [2.75, 3.05) is 5.32 Å². The van der Waals surface area contributed by atoms with Crippen molar-refractivity contribution in [2.24, 2.45) is 0 Å². The van der Waals surface area contributed by atoms with Gasteiger partial charge in [0, 0.05) is 23.3 Å². The van der Waals surface area contributed by atoms with Crippen molar-refractivity contribution in [1.82, 2.24) is 0 Å². The van der Waals surface area contributed by atoms with E-state index in [0.717, 1.165) is 41.7 Å². The molecule has 1 heterocycles. The van der Waals surface area contributed by atoms with Crippen LogP contribution >= 0.6 is 11.3 Å². The molecule has 1 aromatic carbocycles. The number of carboxylic acids is 1. The molecule has 2 N–H and O–H groups in total. The zero-order chi connectivity index (χ0) is 18.7. The van der Waals surface area contributed by atoms with Crippen LogP contribution in [0.15, 0.2) is 24.3 Å². The first kappa shape index (κ1) is 18.3. The zero-order valence-corrected chi connectivity index (χ0v) is 15.4. The maximum atomic E-state index is 12.2. The number of ketones is 1. The van der Waals surface area contributed by atoms with Gasteiger partial charge < -0.3 is 10.4 Å². The average molecular weight is 371 g/mol. The second kappa shape index (κ2) is 7.83. The molecule has 0 fully saturated rings. The molecule has 0 unspecified atom stereocenters. The van der Waals surface area contributed by atoms with Gasteiger partial charge in [-0.25, -0.2) is 4.79 Å². The first-order valence-electron chi connectivity index (χ1n) is 8.73. The smallest absolute Gasteiger partial charge is 0.339 e. The Labute approximate surface area is 156 Å². The number of aromatic carboxylic acids is 1. The molecule has 0 atom stereocenters. The molecule has 6 heteroatoms. The molecule has 1 aliphatic carbocycles. The number of fused-ring (bicyclic) bond motifs is 1. The average Bonchev–Trinajstić information content (AvgIpc) is 2.98. The van der Waals surface area contributed by atoms with Crippen LogP contribution in [0.3, 0.4) is 0 Å². The van der Waals surface area contributed by atoms with Crippen LogP contribution in [-0.4, -0.2) is 22.8 Å². The highest BCUT2D eigenvalue weighted by Gasteiger charge is 2.26. The predicted octanol–water partition coefficient (Wildman–Crippen LogP) is 4.24. The number of Topliss-reactive ketones (excluding diaryl/α,β-unsaturated/α-hetero) is 1. The first-order valence-corrected chi connectivity index (χ1v) is 9.55. The topological polar surface area (TPSA) is 83.5 Å². The van der Waals surface area contributed by atoms with Gasteiger partial charge in [-0.1, -0.05) is 29.8 Å². The second-order valence-electron chi connectivity index (χ2n) is 6.56. The van der Waals surface area contributed by atoms with Crippen LogP contribution in [0, 0.1) is 6.92 Å². The van der Waals surface area contributed by atoms with E-state index in [1.807, 2.05) is 19.1 Å². The van der Waals surface area contributed by atoms with E-state index in [9.17, 15) is 19.5 Å². The number of benzene rings is 1. The quantitative estimate of drug-likeness (QED) is 0.744. The van der Waals surface area contributed by atoms with E-state index >= 15 is 0 Å². The van der Waals surface area contributed by atoms with Crippen molar-refractivity contribution in [3.05, 3.63) is 51.4 Å². The van der Waals surface area contributed by atoms with Crippen molar-refractivity contribution < 1.29 is 19.5 Å². The standard InChI is InChI=1S/C20H21NO4S/c1-12-6-8-13(9-7-12)15(22)10-11-17(23)21-19-18(20(24)25)14-4-2-3-5-16(14)26-19/h6-9H,2-5,10-11H2,1H3,(H,21,23)(H,24,25). The fourth-order valence-corrected chi connectivity index (χ4v) is 4.48. The third kappa shape index (κ3) is 4.02. The summed E-state index contributed by atoms with van der Waals surface area (Å²) in [5, 5.41) is 12.6. The predicted molar refractivity (Wildman–Crippen MR) is 101 cm³/mol. The van der Waals surface area contributed by atoms with Gasteiger partial charge >= 0.3 is 5.97 Å². The molecular weight excluding hydrogens is 350 g/mol. The molecule has 0 aliphatic heterocycles. The number of amides is 1. The zero-order valence-electron chi connectivity index (χ0n) is 14.6. The minimum absolute atomic E-state index is 0.0360. The minimum atomic E-state index is -1.00. The molecule has 0 spiro atoms. The number of thiophene rings is 1. The summed E-state index contributed by atoms with van der Waals surface area (Å²) in [5.74, 6) is -1.42. The van der Waals surface area contributed by atoms with E-state index in [1.54, 1.807) is 12.1 Å². The van der Waals surface area contributed by atoms with Gasteiger partial charge in [-0.2, -0.15) is 0 Å². The van der Waals surface area contributed by atoms with E-state index in [-0.39, 0.29) is 30.1 Å². The largest absolute Gasteiger partial charge is 0.478 e. The highest BCUT2D eigenvalue weighted by Crippen LogP contribution is 2.38. The monoisotopic (exact) mass is 371 g/mol. The number of carbonyl (C=O) groups excluding carboxylic acids is 2. The Morgan fingerprint density at radius 2 is 1.77 bits per heavy atom. The molecule has 1 amide bonds. The number of aryl methyl sites for hydroxylation is 2. The second-order valence-corrected chi connectivity index (χ2v) is 7.66. The number of hydrogen-bond donors (Lipinski definition) is 2. The normalized spacial score (nSPS) is 13.1. The lowest BCUT2D eigenvalue weighted by Gasteiger charge is -2.10. The van der Waals surface area contributed by atoms with E-state index in [0.29, 0.717) is 10.6 Å². The van der Waals surface area contributed by atoms with Gasteiger partial charge in [0.05, 0.1) is 5.56 Å². The summed E-state index contributed by atoms with van der Waals surface area (Å²) in [6.07, 6.45) is 3.77. The first-order chi connectivity index (χ1) is 12.5. The molecule has 0 saturated carbocycles. The highest BCUT2D eigenvalue weighted by molar-refractivity contribution is 7.17. The SMILES string of the molecule is Cc1ccc(C(=O)CCC(=O)Nc2sc3c(c2C(=O)O)CCCC3)cc1. The van der Waals surface area contributed by atoms with Crippen LogP contribution in [0.2, 0.25) is 0 Å². The maximum absolute atomic E-state index is 12.2. The van der Waals surface area contributed by atoms with E-state index in [2.05, 4.69) is 5.32 Å². The van der Waals surface area contributed by atoms with Gasteiger partial charge in [-0.3, -0.25) is 9.59 Å². The summed E-state index contributed by atoms with van der Waals surface area (Å²) >= 11 is 1.35. The molecule has 1 aliphatic rings. The molecule has 1 aromatic heterocycles. The van der Waals surface area contributed by atoms with Crippen LogP contribution in [-0.2, 0) is 17.6 Å². The van der Waals surface area contributed by atoms with Crippen molar-refractivity contribution in [2.45, 2.75) is 45.4 Å². The third-order valence-electron chi connectivity index (χ3n) is 4.59. The Kier molecular flexibility index (Phi) is 5.52.